The highest BCUT2D eigenvalue weighted by Gasteiger charge is 2.26. The molecular weight excluding hydrogens is 304 g/mol. The first kappa shape index (κ1) is 18.0. The minimum atomic E-state index is -2.42. The van der Waals surface area contributed by atoms with Gasteiger partial charge in [-0.1, -0.05) is 8.96 Å². The van der Waals surface area contributed by atoms with Crippen molar-refractivity contribution in [3.63, 3.8) is 0 Å². The molecule has 0 aliphatic carbocycles. The first-order valence-corrected chi connectivity index (χ1v) is 4.62. The van der Waals surface area contributed by atoms with Gasteiger partial charge in [0.2, 0.25) is 0 Å². The summed E-state index contributed by atoms with van der Waals surface area (Å²) in [5.74, 6) is 0. The fourth-order valence-corrected chi connectivity index (χ4v) is 0.882. The molecule has 0 spiro atoms. The van der Waals surface area contributed by atoms with Crippen LogP contribution in [0.2, 0.25) is 0 Å². The van der Waals surface area contributed by atoms with Crippen molar-refractivity contribution in [1.82, 2.24) is 10.7 Å². The smallest absolute Gasteiger partial charge is 0.294 e. The Hall–Kier alpha value is -2.00. The molecule has 0 aromatic heterocycles. The Labute approximate surface area is 107 Å². The number of ether oxygens (including phenoxy) is 1. The summed E-state index contributed by atoms with van der Waals surface area (Å²) in [5, 5.41) is 13.9. The molecule has 0 N–H and O–H groups in total. The Morgan fingerprint density at radius 1 is 1.05 bits per heavy atom. The first-order valence-electron chi connectivity index (χ1n) is 4.62. The van der Waals surface area contributed by atoms with Crippen molar-refractivity contribution in [3.05, 3.63) is 20.2 Å². The molecule has 0 amide bonds. The molecule has 2 unspecified atom stereocenters. The monoisotopic (exact) mass is 312 g/mol. The Morgan fingerprint density at radius 2 is 1.65 bits per heavy atom. The third-order valence-corrected chi connectivity index (χ3v) is 1.59. The largest absolute Gasteiger partial charge is 0.354 e. The number of hydrogen-bond donors (Lipinski definition) is 0. The molecule has 0 radical (unpaired) electrons. The predicted octanol–water partition coefficient (Wildman–Crippen LogP) is 0.256. The lowest BCUT2D eigenvalue weighted by molar-refractivity contribution is -0.790. The first-order chi connectivity index (χ1) is 9.22. The van der Waals surface area contributed by atoms with E-state index in [1.165, 1.54) is 0 Å². The Bertz CT molecular complexity index is 322. The zero-order valence-corrected chi connectivity index (χ0v) is 9.43. The van der Waals surface area contributed by atoms with Crippen LogP contribution in [0.1, 0.15) is 0 Å². The second-order valence-electron chi connectivity index (χ2n) is 3.00. The number of nitrogens with zero attached hydrogens (tertiary/aromatic N) is 4. The standard InChI is InChI=1S/C5H8F4N4O7/c6-10(7)1-5(11(8)9)18-2-4(20-13(16)17)3-19-12(14)15/h4-5H,1-3H2. The van der Waals surface area contributed by atoms with Gasteiger partial charge in [0.25, 0.3) is 10.2 Å². The van der Waals surface area contributed by atoms with Crippen molar-refractivity contribution < 1.29 is 42.5 Å². The van der Waals surface area contributed by atoms with E-state index in [9.17, 15) is 38.2 Å². The van der Waals surface area contributed by atoms with Gasteiger partial charge < -0.3 is 14.4 Å². The highest BCUT2D eigenvalue weighted by molar-refractivity contribution is 4.55. The van der Waals surface area contributed by atoms with E-state index in [1.807, 2.05) is 0 Å². The second kappa shape index (κ2) is 8.99. The normalized spacial score (nSPS) is 14.1. The second-order valence-corrected chi connectivity index (χ2v) is 3.00. The van der Waals surface area contributed by atoms with E-state index in [-0.39, 0.29) is 0 Å². The van der Waals surface area contributed by atoms with Crippen molar-refractivity contribution in [2.75, 3.05) is 19.8 Å². The lowest BCUT2D eigenvalue weighted by Crippen LogP contribution is -2.38. The quantitative estimate of drug-likeness (QED) is 0.174. The van der Waals surface area contributed by atoms with Crippen LogP contribution in [0.3, 0.4) is 0 Å². The zero-order valence-electron chi connectivity index (χ0n) is 9.43. The molecule has 15 heteroatoms. The van der Waals surface area contributed by atoms with Crippen LogP contribution >= 0.6 is 0 Å². The summed E-state index contributed by atoms with van der Waals surface area (Å²) in [4.78, 5) is 27.5. The summed E-state index contributed by atoms with van der Waals surface area (Å²) in [6.45, 7) is -3.56. The highest BCUT2D eigenvalue weighted by Crippen LogP contribution is 2.08. The van der Waals surface area contributed by atoms with Crippen LogP contribution in [-0.2, 0) is 14.4 Å². The zero-order chi connectivity index (χ0) is 15.7. The van der Waals surface area contributed by atoms with Crippen LogP contribution < -0.4 is 0 Å². The third kappa shape index (κ3) is 9.00. The maximum atomic E-state index is 12.1. The van der Waals surface area contributed by atoms with Gasteiger partial charge in [-0.15, -0.1) is 29.2 Å². The minimum Gasteiger partial charge on any atom is -0.354 e. The molecule has 0 aromatic carbocycles. The summed E-state index contributed by atoms with van der Waals surface area (Å²) in [7, 11) is 0. The molecular formula is C5H8F4N4O7. The molecule has 0 saturated heterocycles. The van der Waals surface area contributed by atoms with Crippen LogP contribution in [-0.4, -0.2) is 53.0 Å². The van der Waals surface area contributed by atoms with Crippen molar-refractivity contribution >= 4 is 0 Å². The van der Waals surface area contributed by atoms with Gasteiger partial charge in [0, 0.05) is 5.34 Å². The van der Waals surface area contributed by atoms with E-state index in [0.29, 0.717) is 0 Å². The Morgan fingerprint density at radius 3 is 2.05 bits per heavy atom. The molecule has 118 valence electrons. The van der Waals surface area contributed by atoms with Gasteiger partial charge in [0.15, 0.2) is 12.3 Å². The van der Waals surface area contributed by atoms with Gasteiger partial charge in [-0.05, 0) is 0 Å². The maximum absolute atomic E-state index is 12.1. The van der Waals surface area contributed by atoms with Crippen molar-refractivity contribution in [1.29, 1.82) is 0 Å². The molecule has 0 aromatic rings. The van der Waals surface area contributed by atoms with Gasteiger partial charge in [-0.2, -0.15) is 0 Å². The lowest BCUT2D eigenvalue weighted by Gasteiger charge is -2.20. The fourth-order valence-electron chi connectivity index (χ4n) is 0.882. The van der Waals surface area contributed by atoms with Crippen molar-refractivity contribution in [2.24, 2.45) is 0 Å². The minimum absolute atomic E-state index is 1.01. The molecule has 0 fully saturated rings. The Balaban J connectivity index is 4.38. The fraction of sp³-hybridized carbons (Fsp3) is 1.00. The topological polar surface area (TPSA) is 120 Å². The summed E-state index contributed by atoms with van der Waals surface area (Å²) >= 11 is 0. The molecule has 0 aliphatic rings. The van der Waals surface area contributed by atoms with E-state index in [4.69, 9.17) is 0 Å². The third-order valence-electron chi connectivity index (χ3n) is 1.59. The van der Waals surface area contributed by atoms with Crippen LogP contribution in [0, 0.1) is 20.2 Å². The molecule has 11 nitrogen and oxygen atoms in total. The number of halogens is 4. The molecule has 0 bridgehead atoms. The van der Waals surface area contributed by atoms with Crippen molar-refractivity contribution in [3.8, 4) is 0 Å². The lowest BCUT2D eigenvalue weighted by atomic mass is 10.4. The molecule has 20 heavy (non-hydrogen) atoms. The van der Waals surface area contributed by atoms with Gasteiger partial charge in [0.05, 0.1) is 12.0 Å². The van der Waals surface area contributed by atoms with E-state index in [1.54, 1.807) is 0 Å². The number of rotatable bonds is 11. The van der Waals surface area contributed by atoms with Crippen LogP contribution in [0.5, 0.6) is 0 Å². The average molecular weight is 312 g/mol. The van der Waals surface area contributed by atoms with Crippen LogP contribution in [0.4, 0.5) is 17.9 Å². The Kier molecular flexibility index (Phi) is 8.09. The van der Waals surface area contributed by atoms with Gasteiger partial charge >= 0.3 is 0 Å². The summed E-state index contributed by atoms with van der Waals surface area (Å²) in [6.07, 6.45) is -4.16. The summed E-state index contributed by atoms with van der Waals surface area (Å²) in [6, 6.07) is 0. The predicted molar refractivity (Wildman–Crippen MR) is 47.5 cm³/mol. The van der Waals surface area contributed by atoms with E-state index < -0.39 is 53.0 Å². The molecule has 0 rings (SSSR count). The molecule has 0 saturated carbocycles. The van der Waals surface area contributed by atoms with Gasteiger partial charge in [0.1, 0.15) is 13.2 Å². The van der Waals surface area contributed by atoms with Crippen molar-refractivity contribution in [2.45, 2.75) is 12.3 Å². The highest BCUT2D eigenvalue weighted by atomic mass is 19.4. The van der Waals surface area contributed by atoms with Gasteiger partial charge in [-0.3, -0.25) is 0 Å². The van der Waals surface area contributed by atoms with E-state index in [2.05, 4.69) is 14.4 Å². The van der Waals surface area contributed by atoms with Crippen LogP contribution in [0.15, 0.2) is 0 Å². The maximum Gasteiger partial charge on any atom is 0.294 e. The average Bonchev–Trinajstić information content (AvgIpc) is 2.29. The molecule has 0 heterocycles. The number of hydrogen-bond acceptors (Lipinski definition) is 9. The van der Waals surface area contributed by atoms with E-state index >= 15 is 0 Å². The van der Waals surface area contributed by atoms with Gasteiger partial charge in [-0.25, -0.2) is 0 Å². The summed E-state index contributed by atoms with van der Waals surface area (Å²) < 4.78 is 52.0. The van der Waals surface area contributed by atoms with E-state index in [0.717, 1.165) is 0 Å². The summed E-state index contributed by atoms with van der Waals surface area (Å²) in [5.41, 5.74) is 0. The molecule has 0 aliphatic heterocycles. The van der Waals surface area contributed by atoms with Crippen LogP contribution in [0.25, 0.3) is 0 Å². The molecule has 2 atom stereocenters. The SMILES string of the molecule is O=[N+]([O-])OCC(COC(CN(F)F)N(F)F)O[N+](=O)[O-].